The van der Waals surface area contributed by atoms with Crippen LogP contribution in [0.5, 0.6) is 0 Å². The van der Waals surface area contributed by atoms with Gasteiger partial charge < -0.3 is 14.8 Å². The molecule has 0 unspecified atom stereocenters. The molecule has 0 spiro atoms. The maximum absolute atomic E-state index is 12.2. The third-order valence-electron chi connectivity index (χ3n) is 2.94. The van der Waals surface area contributed by atoms with Gasteiger partial charge in [-0.2, -0.15) is 5.06 Å². The fourth-order valence-electron chi connectivity index (χ4n) is 1.85. The molecule has 1 atom stereocenters. The van der Waals surface area contributed by atoms with E-state index in [4.69, 9.17) is 14.3 Å². The zero-order chi connectivity index (χ0) is 19.6. The van der Waals surface area contributed by atoms with Crippen molar-refractivity contribution in [3.8, 4) is 0 Å². The lowest BCUT2D eigenvalue weighted by Crippen LogP contribution is -2.41. The van der Waals surface area contributed by atoms with Gasteiger partial charge in [0.05, 0.1) is 6.54 Å². The van der Waals surface area contributed by atoms with Crippen molar-refractivity contribution in [3.63, 3.8) is 0 Å². The van der Waals surface area contributed by atoms with Crippen LogP contribution in [0.25, 0.3) is 0 Å². The Morgan fingerprint density at radius 3 is 2.46 bits per heavy atom. The lowest BCUT2D eigenvalue weighted by molar-refractivity contribution is -0.165. The summed E-state index contributed by atoms with van der Waals surface area (Å²) in [5, 5.41) is 4.27. The molecule has 146 valence electrons. The number of hydrogen-bond donors (Lipinski definition) is 1. The van der Waals surface area contributed by atoms with Gasteiger partial charge in [-0.15, -0.1) is 0 Å². The number of hydrogen-bond acceptors (Lipinski definition) is 5. The minimum atomic E-state index is -0.586. The first kappa shape index (κ1) is 22.2. The Bertz CT molecular complexity index is 562. The van der Waals surface area contributed by atoms with Crippen LogP contribution in [-0.2, 0) is 20.9 Å². The molecule has 7 nitrogen and oxygen atoms in total. The molecule has 0 saturated heterocycles. The first-order chi connectivity index (χ1) is 12.2. The van der Waals surface area contributed by atoms with E-state index in [1.54, 1.807) is 27.7 Å². The molecule has 1 aromatic rings. The number of alkyl halides is 1. The zero-order valence-corrected chi connectivity index (χ0v) is 17.2. The second-order valence-electron chi connectivity index (χ2n) is 6.63. The molecular formula is C18H27BrN2O5. The van der Waals surface area contributed by atoms with Crippen molar-refractivity contribution >= 4 is 28.1 Å². The first-order valence-corrected chi connectivity index (χ1v) is 9.51. The minimum absolute atomic E-state index is 0.159. The molecule has 2 amide bonds. The monoisotopic (exact) mass is 430 g/mol. The maximum atomic E-state index is 12.2. The topological polar surface area (TPSA) is 77.1 Å². The number of ether oxygens (including phenoxy) is 2. The number of carbonyl (C=O) groups excluding carboxylic acids is 2. The molecule has 1 aromatic carbocycles. The number of hydroxylamine groups is 2. The molecule has 0 aliphatic carbocycles. The summed E-state index contributed by atoms with van der Waals surface area (Å²) in [5.74, 6) is 0. The second kappa shape index (κ2) is 11.0. The van der Waals surface area contributed by atoms with Crippen LogP contribution >= 0.6 is 15.9 Å². The number of amides is 2. The largest absolute Gasteiger partial charge is 0.444 e. The Kier molecular flexibility index (Phi) is 9.43. The van der Waals surface area contributed by atoms with Crippen LogP contribution in [0.4, 0.5) is 9.59 Å². The van der Waals surface area contributed by atoms with Crippen LogP contribution in [-0.4, -0.2) is 47.4 Å². The van der Waals surface area contributed by atoms with Gasteiger partial charge in [-0.1, -0.05) is 46.3 Å². The summed E-state index contributed by atoms with van der Waals surface area (Å²) in [6, 6.07) is 9.39. The van der Waals surface area contributed by atoms with E-state index in [1.807, 2.05) is 30.3 Å². The highest BCUT2D eigenvalue weighted by Crippen LogP contribution is 2.08. The Balaban J connectivity index is 2.44. The van der Waals surface area contributed by atoms with Gasteiger partial charge in [-0.25, -0.2) is 9.59 Å². The molecule has 26 heavy (non-hydrogen) atoms. The molecule has 0 radical (unpaired) electrons. The Hall–Kier alpha value is -1.80. The molecule has 0 bridgehead atoms. The van der Waals surface area contributed by atoms with Crippen LogP contribution < -0.4 is 5.32 Å². The molecule has 0 fully saturated rings. The fourth-order valence-corrected chi connectivity index (χ4v) is 2.17. The molecule has 0 aliphatic heterocycles. The van der Waals surface area contributed by atoms with Gasteiger partial charge in [0.25, 0.3) is 0 Å². The van der Waals surface area contributed by atoms with Crippen LogP contribution in [0.2, 0.25) is 0 Å². The highest BCUT2D eigenvalue weighted by atomic mass is 79.9. The molecule has 1 N–H and O–H groups in total. The van der Waals surface area contributed by atoms with E-state index in [0.717, 1.165) is 10.6 Å². The maximum Gasteiger partial charge on any atom is 0.434 e. The molecule has 0 aromatic heterocycles. The molecule has 0 heterocycles. The second-order valence-corrected chi connectivity index (χ2v) is 7.42. The average Bonchev–Trinajstić information content (AvgIpc) is 2.57. The van der Waals surface area contributed by atoms with Gasteiger partial charge >= 0.3 is 12.2 Å². The third kappa shape index (κ3) is 9.62. The Morgan fingerprint density at radius 2 is 1.88 bits per heavy atom. The number of benzene rings is 1. The summed E-state index contributed by atoms with van der Waals surface area (Å²) in [5.41, 5.74) is 0.316. The van der Waals surface area contributed by atoms with E-state index >= 15 is 0 Å². The number of rotatable bonds is 8. The van der Waals surface area contributed by atoms with Crippen molar-refractivity contribution in [2.24, 2.45) is 0 Å². The van der Waals surface area contributed by atoms with Crippen molar-refractivity contribution in [2.75, 3.05) is 18.4 Å². The smallest absolute Gasteiger partial charge is 0.434 e. The van der Waals surface area contributed by atoms with Crippen molar-refractivity contribution in [1.82, 2.24) is 10.4 Å². The van der Waals surface area contributed by atoms with Crippen molar-refractivity contribution in [3.05, 3.63) is 35.9 Å². The van der Waals surface area contributed by atoms with E-state index in [2.05, 4.69) is 21.2 Å². The standard InChI is InChI=1S/C18H27BrN2O5/c1-14(12-20-16(22)25-18(2,3)4)26-21(11-10-19)17(23)24-13-15-8-6-5-7-9-15/h5-9,14H,10-13H2,1-4H3,(H,20,22)/t14-/m0/s1. The van der Waals surface area contributed by atoms with Gasteiger partial charge in [0.2, 0.25) is 0 Å². The lowest BCUT2D eigenvalue weighted by atomic mass is 10.2. The highest BCUT2D eigenvalue weighted by Gasteiger charge is 2.20. The zero-order valence-electron chi connectivity index (χ0n) is 15.7. The summed E-state index contributed by atoms with van der Waals surface area (Å²) in [6.07, 6.45) is -1.56. The number of alkyl carbamates (subject to hydrolysis) is 1. The van der Waals surface area contributed by atoms with E-state index in [-0.39, 0.29) is 13.2 Å². The third-order valence-corrected chi connectivity index (χ3v) is 3.29. The number of nitrogens with zero attached hydrogens (tertiary/aromatic N) is 1. The van der Waals surface area contributed by atoms with E-state index in [9.17, 15) is 9.59 Å². The predicted octanol–water partition coefficient (Wildman–Crippen LogP) is 3.86. The average molecular weight is 431 g/mol. The molecule has 1 rings (SSSR count). The van der Waals surface area contributed by atoms with Crippen molar-refractivity contribution < 1.29 is 23.9 Å². The summed E-state index contributed by atoms with van der Waals surface area (Å²) in [4.78, 5) is 29.5. The highest BCUT2D eigenvalue weighted by molar-refractivity contribution is 9.09. The summed E-state index contributed by atoms with van der Waals surface area (Å²) in [7, 11) is 0. The summed E-state index contributed by atoms with van der Waals surface area (Å²) in [6.45, 7) is 7.76. The van der Waals surface area contributed by atoms with E-state index < -0.39 is 23.9 Å². The van der Waals surface area contributed by atoms with Crippen LogP contribution in [0, 0.1) is 0 Å². The Morgan fingerprint density at radius 1 is 1.23 bits per heavy atom. The molecular weight excluding hydrogens is 404 g/mol. The van der Waals surface area contributed by atoms with E-state index in [0.29, 0.717) is 11.9 Å². The van der Waals surface area contributed by atoms with Crippen molar-refractivity contribution in [2.45, 2.75) is 46.0 Å². The molecule has 0 aliphatic rings. The Labute approximate surface area is 163 Å². The number of halogens is 1. The molecule has 0 saturated carbocycles. The fraction of sp³-hybridized carbons (Fsp3) is 0.556. The van der Waals surface area contributed by atoms with Gasteiger partial charge in [-0.05, 0) is 33.3 Å². The first-order valence-electron chi connectivity index (χ1n) is 8.39. The van der Waals surface area contributed by atoms with Crippen LogP contribution in [0.15, 0.2) is 30.3 Å². The number of nitrogens with one attached hydrogen (secondary N) is 1. The SMILES string of the molecule is C[C@@H](CNC(=O)OC(C)(C)C)ON(CCBr)C(=O)OCc1ccccc1. The molecule has 8 heteroatoms. The van der Waals surface area contributed by atoms with Gasteiger partial charge in [0.1, 0.15) is 18.3 Å². The van der Waals surface area contributed by atoms with Crippen molar-refractivity contribution in [1.29, 1.82) is 0 Å². The summed E-state index contributed by atoms with van der Waals surface area (Å²) >= 11 is 3.28. The predicted molar refractivity (Wildman–Crippen MR) is 102 cm³/mol. The normalized spacial score (nSPS) is 12.2. The van der Waals surface area contributed by atoms with Crippen LogP contribution in [0.1, 0.15) is 33.3 Å². The van der Waals surface area contributed by atoms with Gasteiger partial charge in [0.15, 0.2) is 0 Å². The quantitative estimate of drug-likeness (QED) is 0.500. The summed E-state index contributed by atoms with van der Waals surface area (Å²) < 4.78 is 10.4. The van der Waals surface area contributed by atoms with E-state index in [1.165, 1.54) is 0 Å². The lowest BCUT2D eigenvalue weighted by Gasteiger charge is -2.25. The van der Waals surface area contributed by atoms with Gasteiger partial charge in [0, 0.05) is 11.9 Å². The van der Waals surface area contributed by atoms with Crippen LogP contribution in [0.3, 0.4) is 0 Å². The van der Waals surface area contributed by atoms with Gasteiger partial charge in [-0.3, -0.25) is 4.84 Å². The number of carbonyl (C=O) groups is 2. The minimum Gasteiger partial charge on any atom is -0.444 e.